The van der Waals surface area contributed by atoms with E-state index in [2.05, 4.69) is 17.1 Å². The smallest absolute Gasteiger partial charge is 0.191 e. The van der Waals surface area contributed by atoms with E-state index >= 15 is 0 Å². The quantitative estimate of drug-likeness (QED) is 0.782. The molecule has 0 aliphatic rings. The van der Waals surface area contributed by atoms with Crippen LogP contribution in [0.15, 0.2) is 16.8 Å². The molecule has 1 N–H and O–H groups in total. The van der Waals surface area contributed by atoms with Crippen LogP contribution in [-0.2, 0) is 13.2 Å². The molecule has 0 fully saturated rings. The standard InChI is InChI=1S/C9H14ClN3OS/c1-2-5-13-8(7-14)11-12-9(13)15-6-3-4-10/h3-4,14H,2,5-7H2,1H3/b4-3+. The van der Waals surface area contributed by atoms with Gasteiger partial charge in [-0.05, 0) is 6.42 Å². The Labute approximate surface area is 98.3 Å². The summed E-state index contributed by atoms with van der Waals surface area (Å²) in [5.74, 6) is 1.38. The van der Waals surface area contributed by atoms with Crippen LogP contribution >= 0.6 is 23.4 Å². The average Bonchev–Trinajstić information content (AvgIpc) is 2.62. The first-order valence-electron chi connectivity index (χ1n) is 4.74. The van der Waals surface area contributed by atoms with Crippen LogP contribution in [-0.4, -0.2) is 25.6 Å². The first-order valence-corrected chi connectivity index (χ1v) is 6.16. The second kappa shape index (κ2) is 6.87. The van der Waals surface area contributed by atoms with E-state index in [-0.39, 0.29) is 6.61 Å². The minimum absolute atomic E-state index is 0.0705. The van der Waals surface area contributed by atoms with Crippen LogP contribution in [0.5, 0.6) is 0 Å². The number of aliphatic hydroxyl groups is 1. The molecule has 0 saturated heterocycles. The van der Waals surface area contributed by atoms with Crippen LogP contribution in [0.2, 0.25) is 0 Å². The van der Waals surface area contributed by atoms with E-state index in [1.807, 2.05) is 10.6 Å². The van der Waals surface area contributed by atoms with Gasteiger partial charge in [0.25, 0.3) is 0 Å². The predicted molar refractivity (Wildman–Crippen MR) is 62.0 cm³/mol. The maximum Gasteiger partial charge on any atom is 0.191 e. The molecule has 1 aromatic heterocycles. The Morgan fingerprint density at radius 3 is 2.93 bits per heavy atom. The lowest BCUT2D eigenvalue weighted by atomic mass is 10.4. The van der Waals surface area contributed by atoms with Crippen molar-refractivity contribution in [3.63, 3.8) is 0 Å². The summed E-state index contributed by atoms with van der Waals surface area (Å²) < 4.78 is 1.94. The third-order valence-electron chi connectivity index (χ3n) is 1.78. The number of halogens is 1. The normalized spacial score (nSPS) is 11.4. The lowest BCUT2D eigenvalue weighted by Crippen LogP contribution is -2.04. The Kier molecular flexibility index (Phi) is 5.75. The number of hydrogen-bond donors (Lipinski definition) is 1. The molecule has 1 aromatic rings. The SMILES string of the molecule is CCCn1c(CO)nnc1SC/C=C/Cl. The molecule has 0 aliphatic carbocycles. The molecule has 0 unspecified atom stereocenters. The van der Waals surface area contributed by atoms with E-state index in [9.17, 15) is 0 Å². The molecule has 84 valence electrons. The number of aromatic nitrogens is 3. The first kappa shape index (κ1) is 12.5. The number of rotatable bonds is 6. The highest BCUT2D eigenvalue weighted by Crippen LogP contribution is 2.17. The van der Waals surface area contributed by atoms with Crippen molar-refractivity contribution in [2.45, 2.75) is 31.7 Å². The molecular formula is C9H14ClN3OS. The number of thioether (sulfide) groups is 1. The van der Waals surface area contributed by atoms with Gasteiger partial charge in [0.1, 0.15) is 6.61 Å². The minimum Gasteiger partial charge on any atom is -0.388 e. The summed E-state index contributed by atoms with van der Waals surface area (Å²) in [6.07, 6.45) is 2.83. The van der Waals surface area contributed by atoms with Gasteiger partial charge < -0.3 is 9.67 Å². The fourth-order valence-corrected chi connectivity index (χ4v) is 2.14. The molecule has 15 heavy (non-hydrogen) atoms. The molecule has 4 nitrogen and oxygen atoms in total. The fourth-order valence-electron chi connectivity index (χ4n) is 1.15. The Hall–Kier alpha value is -0.520. The van der Waals surface area contributed by atoms with Gasteiger partial charge in [-0.1, -0.05) is 36.4 Å². The molecule has 6 heteroatoms. The Balaban J connectivity index is 2.72. The summed E-state index contributed by atoms with van der Waals surface area (Å²) in [4.78, 5) is 0. The third-order valence-corrected chi connectivity index (χ3v) is 2.88. The highest BCUT2D eigenvalue weighted by Gasteiger charge is 2.09. The maximum atomic E-state index is 9.06. The number of aliphatic hydroxyl groups excluding tert-OH is 1. The molecule has 1 rings (SSSR count). The molecule has 0 aromatic carbocycles. The summed E-state index contributed by atoms with van der Waals surface area (Å²) >= 11 is 6.98. The van der Waals surface area contributed by atoms with Gasteiger partial charge in [-0.25, -0.2) is 0 Å². The zero-order valence-electron chi connectivity index (χ0n) is 8.56. The van der Waals surface area contributed by atoms with E-state index in [1.54, 1.807) is 11.8 Å². The van der Waals surface area contributed by atoms with Crippen LogP contribution in [0.1, 0.15) is 19.2 Å². The first-order chi connectivity index (χ1) is 7.33. The van der Waals surface area contributed by atoms with E-state index in [0.717, 1.165) is 23.9 Å². The summed E-state index contributed by atoms with van der Waals surface area (Å²) in [5, 5.41) is 17.8. The van der Waals surface area contributed by atoms with Gasteiger partial charge >= 0.3 is 0 Å². The third kappa shape index (κ3) is 3.52. The molecule has 0 radical (unpaired) electrons. The van der Waals surface area contributed by atoms with Crippen LogP contribution in [0.25, 0.3) is 0 Å². The van der Waals surface area contributed by atoms with Crippen molar-refractivity contribution in [1.82, 2.24) is 14.8 Å². The van der Waals surface area contributed by atoms with Gasteiger partial charge in [-0.3, -0.25) is 0 Å². The lowest BCUT2D eigenvalue weighted by Gasteiger charge is -2.05. The zero-order chi connectivity index (χ0) is 11.1. The highest BCUT2D eigenvalue weighted by atomic mass is 35.5. The van der Waals surface area contributed by atoms with E-state index in [4.69, 9.17) is 16.7 Å². The molecule has 1 heterocycles. The number of hydrogen-bond acceptors (Lipinski definition) is 4. The second-order valence-electron chi connectivity index (χ2n) is 2.88. The molecular weight excluding hydrogens is 234 g/mol. The summed E-state index contributed by atoms with van der Waals surface area (Å²) in [5.41, 5.74) is 1.49. The fraction of sp³-hybridized carbons (Fsp3) is 0.556. The van der Waals surface area contributed by atoms with E-state index in [0.29, 0.717) is 5.82 Å². The lowest BCUT2D eigenvalue weighted by molar-refractivity contribution is 0.263. The van der Waals surface area contributed by atoms with Crippen molar-refractivity contribution < 1.29 is 5.11 Å². The molecule has 0 spiro atoms. The van der Waals surface area contributed by atoms with Gasteiger partial charge in [-0.2, -0.15) is 0 Å². The predicted octanol–water partition coefficient (Wildman–Crippen LogP) is 2.02. The molecule has 0 bridgehead atoms. The average molecular weight is 248 g/mol. The van der Waals surface area contributed by atoms with Gasteiger partial charge in [0.05, 0.1) is 0 Å². The summed E-state index contributed by atoms with van der Waals surface area (Å²) in [7, 11) is 0. The summed E-state index contributed by atoms with van der Waals surface area (Å²) in [6, 6.07) is 0. The van der Waals surface area contributed by atoms with Gasteiger partial charge in [0.2, 0.25) is 0 Å². The summed E-state index contributed by atoms with van der Waals surface area (Å²) in [6.45, 7) is 2.84. The highest BCUT2D eigenvalue weighted by molar-refractivity contribution is 7.99. The minimum atomic E-state index is -0.0705. The molecule has 0 amide bonds. The van der Waals surface area contributed by atoms with Gasteiger partial charge in [0.15, 0.2) is 11.0 Å². The monoisotopic (exact) mass is 247 g/mol. The van der Waals surface area contributed by atoms with Crippen LogP contribution in [0.4, 0.5) is 0 Å². The van der Waals surface area contributed by atoms with Crippen LogP contribution in [0.3, 0.4) is 0 Å². The maximum absolute atomic E-state index is 9.06. The van der Waals surface area contributed by atoms with Crippen molar-refractivity contribution in [2.75, 3.05) is 5.75 Å². The van der Waals surface area contributed by atoms with Crippen molar-refractivity contribution in [3.8, 4) is 0 Å². The van der Waals surface area contributed by atoms with Gasteiger partial charge in [-0.15, -0.1) is 10.2 Å². The number of nitrogens with zero attached hydrogens (tertiary/aromatic N) is 3. The van der Waals surface area contributed by atoms with Crippen molar-refractivity contribution in [3.05, 3.63) is 17.4 Å². The Morgan fingerprint density at radius 1 is 1.53 bits per heavy atom. The largest absolute Gasteiger partial charge is 0.388 e. The Bertz CT molecular complexity index is 327. The van der Waals surface area contributed by atoms with Crippen molar-refractivity contribution in [1.29, 1.82) is 0 Å². The Morgan fingerprint density at radius 2 is 2.33 bits per heavy atom. The topological polar surface area (TPSA) is 50.9 Å². The second-order valence-corrected chi connectivity index (χ2v) is 4.12. The van der Waals surface area contributed by atoms with Crippen LogP contribution < -0.4 is 0 Å². The van der Waals surface area contributed by atoms with Crippen molar-refractivity contribution >= 4 is 23.4 Å². The van der Waals surface area contributed by atoms with Crippen LogP contribution in [0, 0.1) is 0 Å². The molecule has 0 aliphatic heterocycles. The zero-order valence-corrected chi connectivity index (χ0v) is 10.1. The van der Waals surface area contributed by atoms with E-state index < -0.39 is 0 Å². The molecule has 0 saturated carbocycles. The molecule has 0 atom stereocenters. The van der Waals surface area contributed by atoms with Crippen molar-refractivity contribution in [2.24, 2.45) is 0 Å². The van der Waals surface area contributed by atoms with E-state index in [1.165, 1.54) is 5.54 Å². The van der Waals surface area contributed by atoms with Gasteiger partial charge in [0, 0.05) is 17.8 Å².